The highest BCUT2D eigenvalue weighted by Crippen LogP contribution is 2.15. The van der Waals surface area contributed by atoms with Crippen molar-refractivity contribution in [2.24, 2.45) is 0 Å². The van der Waals surface area contributed by atoms with E-state index in [4.69, 9.17) is 14.2 Å². The molecule has 0 heterocycles. The molecule has 0 spiro atoms. The van der Waals surface area contributed by atoms with Gasteiger partial charge in [-0.15, -0.1) is 0 Å². The van der Waals surface area contributed by atoms with Crippen LogP contribution in [0, 0.1) is 0 Å². The third-order valence-corrected chi connectivity index (χ3v) is 4.08. The fourth-order valence-corrected chi connectivity index (χ4v) is 2.68. The molecule has 0 aliphatic rings. The summed E-state index contributed by atoms with van der Waals surface area (Å²) < 4.78 is 16.6. The van der Waals surface area contributed by atoms with Crippen molar-refractivity contribution < 1.29 is 14.2 Å². The molecule has 0 saturated carbocycles. The van der Waals surface area contributed by atoms with E-state index in [2.05, 4.69) is 29.6 Å². The molecule has 0 aliphatic carbocycles. The van der Waals surface area contributed by atoms with Gasteiger partial charge in [-0.1, -0.05) is 42.5 Å². The zero-order valence-electron chi connectivity index (χ0n) is 15.6. The Hall–Kier alpha value is -2.98. The Morgan fingerprint density at radius 3 is 2.04 bits per heavy atom. The second-order valence-corrected chi connectivity index (χ2v) is 6.11. The van der Waals surface area contributed by atoms with Gasteiger partial charge in [-0.2, -0.15) is 0 Å². The molecule has 0 radical (unpaired) electrons. The van der Waals surface area contributed by atoms with E-state index < -0.39 is 0 Å². The first-order chi connectivity index (χ1) is 13.3. The van der Waals surface area contributed by atoms with Crippen molar-refractivity contribution in [3.05, 3.63) is 90.0 Å². The van der Waals surface area contributed by atoms with Gasteiger partial charge < -0.3 is 19.5 Å². The van der Waals surface area contributed by atoms with Gasteiger partial charge >= 0.3 is 0 Å². The molecule has 0 aromatic heterocycles. The molecule has 4 heteroatoms. The molecular formula is C23H25NO3. The topological polar surface area (TPSA) is 39.7 Å². The Bertz CT molecular complexity index is 803. The van der Waals surface area contributed by atoms with Gasteiger partial charge in [-0.05, 0) is 47.5 Å². The Kier molecular flexibility index (Phi) is 7.13. The first kappa shape index (κ1) is 18.8. The van der Waals surface area contributed by atoms with Crippen LogP contribution in [-0.4, -0.2) is 20.3 Å². The molecule has 0 atom stereocenters. The molecule has 3 aromatic carbocycles. The number of hydrogen-bond acceptors (Lipinski definition) is 4. The summed E-state index contributed by atoms with van der Waals surface area (Å²) in [5.74, 6) is 2.59. The fourth-order valence-electron chi connectivity index (χ4n) is 2.68. The summed E-state index contributed by atoms with van der Waals surface area (Å²) in [5.41, 5.74) is 2.41. The summed E-state index contributed by atoms with van der Waals surface area (Å²) >= 11 is 0. The molecule has 0 fully saturated rings. The Morgan fingerprint density at radius 2 is 1.30 bits per heavy atom. The summed E-state index contributed by atoms with van der Waals surface area (Å²) in [6, 6.07) is 26.0. The molecule has 0 saturated heterocycles. The highest BCUT2D eigenvalue weighted by Gasteiger charge is 1.99. The predicted molar refractivity (Wildman–Crippen MR) is 107 cm³/mol. The Labute approximate surface area is 160 Å². The van der Waals surface area contributed by atoms with Crippen LogP contribution in [0.4, 0.5) is 0 Å². The molecule has 3 rings (SSSR count). The van der Waals surface area contributed by atoms with E-state index in [0.29, 0.717) is 13.2 Å². The number of nitrogens with one attached hydrogen (secondary N) is 1. The van der Waals surface area contributed by atoms with E-state index in [1.54, 1.807) is 7.11 Å². The van der Waals surface area contributed by atoms with Gasteiger partial charge in [0.15, 0.2) is 0 Å². The third-order valence-electron chi connectivity index (χ3n) is 4.08. The Morgan fingerprint density at radius 1 is 0.630 bits per heavy atom. The van der Waals surface area contributed by atoms with E-state index in [9.17, 15) is 0 Å². The van der Waals surface area contributed by atoms with Crippen molar-refractivity contribution in [3.8, 4) is 17.2 Å². The van der Waals surface area contributed by atoms with Crippen molar-refractivity contribution >= 4 is 0 Å². The van der Waals surface area contributed by atoms with Crippen LogP contribution in [0.15, 0.2) is 78.9 Å². The molecular weight excluding hydrogens is 338 g/mol. The number of ether oxygens (including phenoxy) is 3. The molecule has 0 unspecified atom stereocenters. The van der Waals surface area contributed by atoms with Gasteiger partial charge in [0.25, 0.3) is 0 Å². The zero-order valence-corrected chi connectivity index (χ0v) is 15.6. The standard InChI is InChI=1S/C23H25NO3/c1-25-21-12-10-19(11-13-21)17-24-18-20-6-5-9-23(16-20)27-15-14-26-22-7-3-2-4-8-22/h2-13,16,24H,14-15,17-18H2,1H3. The van der Waals surface area contributed by atoms with Crippen molar-refractivity contribution in [3.63, 3.8) is 0 Å². The summed E-state index contributed by atoms with van der Waals surface area (Å²) in [5, 5.41) is 3.45. The van der Waals surface area contributed by atoms with Crippen LogP contribution < -0.4 is 19.5 Å². The Balaban J connectivity index is 1.40. The lowest BCUT2D eigenvalue weighted by Crippen LogP contribution is -2.13. The first-order valence-electron chi connectivity index (χ1n) is 9.07. The van der Waals surface area contributed by atoms with Gasteiger partial charge in [0, 0.05) is 13.1 Å². The molecule has 3 aromatic rings. The normalized spacial score (nSPS) is 10.4. The molecule has 140 valence electrons. The van der Waals surface area contributed by atoms with Gasteiger partial charge in [-0.25, -0.2) is 0 Å². The van der Waals surface area contributed by atoms with Crippen LogP contribution in [0.2, 0.25) is 0 Å². The van der Waals surface area contributed by atoms with Crippen LogP contribution in [0.25, 0.3) is 0 Å². The molecule has 0 bridgehead atoms. The van der Waals surface area contributed by atoms with Gasteiger partial charge in [0.2, 0.25) is 0 Å². The summed E-state index contributed by atoms with van der Waals surface area (Å²) in [7, 11) is 1.68. The second kappa shape index (κ2) is 10.2. The van der Waals surface area contributed by atoms with Crippen LogP contribution >= 0.6 is 0 Å². The van der Waals surface area contributed by atoms with Gasteiger partial charge in [0.05, 0.1) is 7.11 Å². The first-order valence-corrected chi connectivity index (χ1v) is 9.07. The maximum atomic E-state index is 5.79. The average Bonchev–Trinajstić information content (AvgIpc) is 2.73. The van der Waals surface area contributed by atoms with E-state index in [-0.39, 0.29) is 0 Å². The van der Waals surface area contributed by atoms with Crippen molar-refractivity contribution in [2.45, 2.75) is 13.1 Å². The fraction of sp³-hybridized carbons (Fsp3) is 0.217. The second-order valence-electron chi connectivity index (χ2n) is 6.11. The predicted octanol–water partition coefficient (Wildman–Crippen LogP) is 4.44. The lowest BCUT2D eigenvalue weighted by molar-refractivity contribution is 0.217. The highest BCUT2D eigenvalue weighted by atomic mass is 16.5. The minimum Gasteiger partial charge on any atom is -0.497 e. The minimum atomic E-state index is 0.512. The van der Waals surface area contributed by atoms with Gasteiger partial charge in [-0.3, -0.25) is 0 Å². The zero-order chi connectivity index (χ0) is 18.7. The molecule has 4 nitrogen and oxygen atoms in total. The largest absolute Gasteiger partial charge is 0.497 e. The van der Waals surface area contributed by atoms with Crippen molar-refractivity contribution in [2.75, 3.05) is 20.3 Å². The summed E-state index contributed by atoms with van der Waals surface area (Å²) in [4.78, 5) is 0. The van der Waals surface area contributed by atoms with E-state index in [0.717, 1.165) is 30.3 Å². The number of rotatable bonds is 10. The van der Waals surface area contributed by atoms with E-state index in [1.165, 1.54) is 11.1 Å². The minimum absolute atomic E-state index is 0.512. The average molecular weight is 363 g/mol. The van der Waals surface area contributed by atoms with E-state index >= 15 is 0 Å². The third kappa shape index (κ3) is 6.35. The lowest BCUT2D eigenvalue weighted by atomic mass is 10.2. The van der Waals surface area contributed by atoms with Crippen LogP contribution in [0.3, 0.4) is 0 Å². The van der Waals surface area contributed by atoms with Gasteiger partial charge in [0.1, 0.15) is 30.5 Å². The van der Waals surface area contributed by atoms with E-state index in [1.807, 2.05) is 54.6 Å². The number of hydrogen-bond donors (Lipinski definition) is 1. The molecule has 27 heavy (non-hydrogen) atoms. The SMILES string of the molecule is COc1ccc(CNCc2cccc(OCCOc3ccccc3)c2)cc1. The molecule has 0 aliphatic heterocycles. The molecule has 0 amide bonds. The summed E-state index contributed by atoms with van der Waals surface area (Å²) in [6.45, 7) is 2.62. The van der Waals surface area contributed by atoms with Crippen LogP contribution in [0.5, 0.6) is 17.2 Å². The highest BCUT2D eigenvalue weighted by molar-refractivity contribution is 5.29. The maximum Gasteiger partial charge on any atom is 0.122 e. The smallest absolute Gasteiger partial charge is 0.122 e. The van der Waals surface area contributed by atoms with Crippen LogP contribution in [0.1, 0.15) is 11.1 Å². The monoisotopic (exact) mass is 363 g/mol. The van der Waals surface area contributed by atoms with Crippen molar-refractivity contribution in [1.29, 1.82) is 0 Å². The lowest BCUT2D eigenvalue weighted by Gasteiger charge is -2.10. The number of methoxy groups -OCH3 is 1. The number of benzene rings is 3. The maximum absolute atomic E-state index is 5.79. The number of para-hydroxylation sites is 1. The molecule has 1 N–H and O–H groups in total. The van der Waals surface area contributed by atoms with Crippen molar-refractivity contribution in [1.82, 2.24) is 5.32 Å². The summed E-state index contributed by atoms with van der Waals surface area (Å²) in [6.07, 6.45) is 0. The van der Waals surface area contributed by atoms with Crippen LogP contribution in [-0.2, 0) is 13.1 Å². The quantitative estimate of drug-likeness (QED) is 0.541.